The maximum absolute atomic E-state index is 4.56. The van der Waals surface area contributed by atoms with Crippen LogP contribution in [0.4, 0.5) is 0 Å². The molecule has 0 aromatic heterocycles. The zero-order valence-electron chi connectivity index (χ0n) is 7.01. The van der Waals surface area contributed by atoms with Gasteiger partial charge in [0.15, 0.2) is 0 Å². The van der Waals surface area contributed by atoms with Gasteiger partial charge in [0.25, 0.3) is 0 Å². The maximum atomic E-state index is 4.56. The summed E-state index contributed by atoms with van der Waals surface area (Å²) in [7, 11) is 0. The van der Waals surface area contributed by atoms with Crippen LogP contribution in [0, 0.1) is 11.8 Å². The Morgan fingerprint density at radius 3 is 2.30 bits per heavy atom. The summed E-state index contributed by atoms with van der Waals surface area (Å²) in [5.74, 6) is 1.83. The fourth-order valence-electron chi connectivity index (χ4n) is 1.22. The number of thiol groups is 1. The molecule has 1 fully saturated rings. The van der Waals surface area contributed by atoms with Crippen LogP contribution in [0.5, 0.6) is 0 Å². The summed E-state index contributed by atoms with van der Waals surface area (Å²) in [5, 5.41) is 0.711. The van der Waals surface area contributed by atoms with Gasteiger partial charge in [-0.1, -0.05) is 13.8 Å². The molecule has 0 heterocycles. The molecule has 0 radical (unpaired) electrons. The third-order valence-electron chi connectivity index (χ3n) is 2.21. The first kappa shape index (κ1) is 8.45. The Morgan fingerprint density at radius 1 is 1.30 bits per heavy atom. The van der Waals surface area contributed by atoms with E-state index in [9.17, 15) is 0 Å². The molecule has 1 rings (SSSR count). The van der Waals surface area contributed by atoms with Crippen LogP contribution in [-0.2, 0) is 0 Å². The lowest BCUT2D eigenvalue weighted by Crippen LogP contribution is -2.02. The van der Waals surface area contributed by atoms with Crippen LogP contribution in [0.3, 0.4) is 0 Å². The highest BCUT2D eigenvalue weighted by molar-refractivity contribution is 7.81. The molecule has 1 aliphatic carbocycles. The van der Waals surface area contributed by atoms with E-state index in [1.165, 1.54) is 25.7 Å². The molecule has 0 aliphatic heterocycles. The van der Waals surface area contributed by atoms with E-state index < -0.39 is 0 Å². The van der Waals surface area contributed by atoms with Crippen molar-refractivity contribution in [3.63, 3.8) is 0 Å². The molecule has 1 saturated carbocycles. The van der Waals surface area contributed by atoms with E-state index in [1.54, 1.807) is 0 Å². The predicted molar refractivity (Wildman–Crippen MR) is 49.6 cm³/mol. The Kier molecular flexibility index (Phi) is 3.09. The van der Waals surface area contributed by atoms with Crippen molar-refractivity contribution in [1.29, 1.82) is 0 Å². The Balaban J connectivity index is 2.00. The minimum Gasteiger partial charge on any atom is -0.176 e. The molecule has 10 heavy (non-hydrogen) atoms. The summed E-state index contributed by atoms with van der Waals surface area (Å²) in [5.41, 5.74) is 0. The van der Waals surface area contributed by atoms with Gasteiger partial charge in [-0.2, -0.15) is 12.6 Å². The van der Waals surface area contributed by atoms with Gasteiger partial charge >= 0.3 is 0 Å². The standard InChI is InChI=1S/C9H18S/c1-7(2)3-6-9(10)8-4-5-8/h7-10H,3-6H2,1-2H3. The maximum Gasteiger partial charge on any atom is 0.00451 e. The molecule has 0 N–H and O–H groups in total. The predicted octanol–water partition coefficient (Wildman–Crippen LogP) is 3.13. The largest absolute Gasteiger partial charge is 0.176 e. The smallest absolute Gasteiger partial charge is 0.00451 e. The van der Waals surface area contributed by atoms with Gasteiger partial charge in [-0.3, -0.25) is 0 Å². The highest BCUT2D eigenvalue weighted by atomic mass is 32.1. The summed E-state index contributed by atoms with van der Waals surface area (Å²) in [6.07, 6.45) is 5.55. The summed E-state index contributed by atoms with van der Waals surface area (Å²) >= 11 is 4.56. The molecule has 1 heteroatoms. The van der Waals surface area contributed by atoms with E-state index in [0.29, 0.717) is 5.25 Å². The monoisotopic (exact) mass is 158 g/mol. The van der Waals surface area contributed by atoms with Gasteiger partial charge in [-0.05, 0) is 37.5 Å². The van der Waals surface area contributed by atoms with Gasteiger partial charge in [0.2, 0.25) is 0 Å². The molecular formula is C9H18S. The highest BCUT2D eigenvalue weighted by Crippen LogP contribution is 2.37. The first-order chi connectivity index (χ1) is 4.70. The third-order valence-corrected chi connectivity index (χ3v) is 2.89. The Morgan fingerprint density at radius 2 is 1.90 bits per heavy atom. The topological polar surface area (TPSA) is 0 Å². The lowest BCUT2D eigenvalue weighted by atomic mass is 10.0. The molecule has 0 amide bonds. The van der Waals surface area contributed by atoms with Crippen LogP contribution in [0.2, 0.25) is 0 Å². The first-order valence-corrected chi connectivity index (χ1v) is 4.90. The molecule has 60 valence electrons. The zero-order chi connectivity index (χ0) is 7.56. The molecule has 0 aromatic carbocycles. The Bertz CT molecular complexity index is 94.9. The molecule has 1 atom stereocenters. The lowest BCUT2D eigenvalue weighted by molar-refractivity contribution is 0.530. The van der Waals surface area contributed by atoms with Crippen LogP contribution in [0.25, 0.3) is 0 Å². The Labute approximate surface area is 69.8 Å². The van der Waals surface area contributed by atoms with Crippen molar-refractivity contribution in [3.05, 3.63) is 0 Å². The summed E-state index contributed by atoms with van der Waals surface area (Å²) in [4.78, 5) is 0. The van der Waals surface area contributed by atoms with Gasteiger partial charge in [0.05, 0.1) is 0 Å². The van der Waals surface area contributed by atoms with Crippen molar-refractivity contribution < 1.29 is 0 Å². The zero-order valence-corrected chi connectivity index (χ0v) is 7.90. The number of hydrogen-bond donors (Lipinski definition) is 1. The average Bonchev–Trinajstić information content (AvgIpc) is 2.63. The van der Waals surface area contributed by atoms with E-state index in [2.05, 4.69) is 26.5 Å². The van der Waals surface area contributed by atoms with Crippen molar-refractivity contribution in [3.8, 4) is 0 Å². The number of hydrogen-bond acceptors (Lipinski definition) is 1. The van der Waals surface area contributed by atoms with Crippen molar-refractivity contribution >= 4 is 12.6 Å². The minimum atomic E-state index is 0.711. The molecule has 0 nitrogen and oxygen atoms in total. The third kappa shape index (κ3) is 2.96. The molecule has 0 bridgehead atoms. The van der Waals surface area contributed by atoms with E-state index in [1.807, 2.05) is 0 Å². The second-order valence-corrected chi connectivity index (χ2v) is 4.54. The van der Waals surface area contributed by atoms with Crippen LogP contribution in [0.1, 0.15) is 39.5 Å². The van der Waals surface area contributed by atoms with Crippen LogP contribution in [-0.4, -0.2) is 5.25 Å². The Hall–Kier alpha value is 0.350. The average molecular weight is 158 g/mol. The van der Waals surface area contributed by atoms with E-state index in [4.69, 9.17) is 0 Å². The van der Waals surface area contributed by atoms with Crippen molar-refractivity contribution in [2.45, 2.75) is 44.8 Å². The molecule has 0 aromatic rings. The normalized spacial score (nSPS) is 21.6. The molecule has 0 saturated heterocycles. The first-order valence-electron chi connectivity index (χ1n) is 4.38. The summed E-state index contributed by atoms with van der Waals surface area (Å²) < 4.78 is 0. The second-order valence-electron chi connectivity index (χ2n) is 3.88. The molecule has 1 unspecified atom stereocenters. The lowest BCUT2D eigenvalue weighted by Gasteiger charge is -2.09. The van der Waals surface area contributed by atoms with Crippen molar-refractivity contribution in [2.75, 3.05) is 0 Å². The van der Waals surface area contributed by atoms with Gasteiger partial charge in [0, 0.05) is 5.25 Å². The van der Waals surface area contributed by atoms with E-state index in [0.717, 1.165) is 11.8 Å². The fraction of sp³-hybridized carbons (Fsp3) is 1.00. The van der Waals surface area contributed by atoms with E-state index >= 15 is 0 Å². The van der Waals surface area contributed by atoms with Gasteiger partial charge in [0.1, 0.15) is 0 Å². The van der Waals surface area contributed by atoms with Crippen LogP contribution >= 0.6 is 12.6 Å². The quantitative estimate of drug-likeness (QED) is 0.597. The van der Waals surface area contributed by atoms with Gasteiger partial charge in [-0.25, -0.2) is 0 Å². The van der Waals surface area contributed by atoms with Gasteiger partial charge in [-0.15, -0.1) is 0 Å². The second kappa shape index (κ2) is 3.66. The minimum absolute atomic E-state index is 0.711. The van der Waals surface area contributed by atoms with E-state index in [-0.39, 0.29) is 0 Å². The highest BCUT2D eigenvalue weighted by Gasteiger charge is 2.28. The van der Waals surface area contributed by atoms with Crippen LogP contribution in [0.15, 0.2) is 0 Å². The summed E-state index contributed by atoms with van der Waals surface area (Å²) in [6.45, 7) is 4.57. The molecule has 1 aliphatic rings. The number of rotatable bonds is 4. The van der Waals surface area contributed by atoms with Crippen molar-refractivity contribution in [2.24, 2.45) is 11.8 Å². The molecule has 0 spiro atoms. The SMILES string of the molecule is CC(C)CCC(S)C1CC1. The van der Waals surface area contributed by atoms with Crippen molar-refractivity contribution in [1.82, 2.24) is 0 Å². The van der Waals surface area contributed by atoms with Crippen LogP contribution < -0.4 is 0 Å². The fourth-order valence-corrected chi connectivity index (χ4v) is 1.67. The molecular weight excluding hydrogens is 140 g/mol. The van der Waals surface area contributed by atoms with Gasteiger partial charge < -0.3 is 0 Å². The summed E-state index contributed by atoms with van der Waals surface area (Å²) in [6, 6.07) is 0.